The van der Waals surface area contributed by atoms with E-state index in [0.29, 0.717) is 5.75 Å². The summed E-state index contributed by atoms with van der Waals surface area (Å²) in [6.45, 7) is 7.92. The maximum atomic E-state index is 10.9. The second-order valence-corrected chi connectivity index (χ2v) is 5.04. The number of hydrogen-bond acceptors (Lipinski definition) is 2. The predicted octanol–water partition coefficient (Wildman–Crippen LogP) is 4.41. The molecule has 0 heterocycles. The van der Waals surface area contributed by atoms with E-state index in [1.54, 1.807) is 18.2 Å². The third kappa shape index (κ3) is 2.67. The molecule has 3 nitrogen and oxygen atoms in total. The number of carboxylic acids is 1. The van der Waals surface area contributed by atoms with Gasteiger partial charge < -0.3 is 9.84 Å². The van der Waals surface area contributed by atoms with Gasteiger partial charge in [-0.25, -0.2) is 4.79 Å². The van der Waals surface area contributed by atoms with Crippen molar-refractivity contribution in [1.82, 2.24) is 0 Å². The highest BCUT2D eigenvalue weighted by Crippen LogP contribution is 2.32. The van der Waals surface area contributed by atoms with E-state index in [4.69, 9.17) is 9.84 Å². The van der Waals surface area contributed by atoms with Crippen molar-refractivity contribution in [2.24, 2.45) is 0 Å². The van der Waals surface area contributed by atoms with Crippen molar-refractivity contribution in [2.75, 3.05) is 0 Å². The molecule has 0 aliphatic heterocycles. The summed E-state index contributed by atoms with van der Waals surface area (Å²) < 4.78 is 5.99. The molecule has 0 fully saturated rings. The molecule has 0 amide bonds. The van der Waals surface area contributed by atoms with Gasteiger partial charge in [-0.3, -0.25) is 0 Å². The van der Waals surface area contributed by atoms with Gasteiger partial charge >= 0.3 is 5.97 Å². The van der Waals surface area contributed by atoms with Gasteiger partial charge in [0.25, 0.3) is 0 Å². The van der Waals surface area contributed by atoms with Crippen LogP contribution in [0.5, 0.6) is 11.5 Å². The zero-order valence-electron chi connectivity index (χ0n) is 12.2. The highest BCUT2D eigenvalue weighted by Gasteiger charge is 2.11. The number of aromatic carboxylic acids is 1. The van der Waals surface area contributed by atoms with Gasteiger partial charge in [0.2, 0.25) is 0 Å². The van der Waals surface area contributed by atoms with Crippen molar-refractivity contribution in [2.45, 2.75) is 27.7 Å². The average Bonchev–Trinajstić information content (AvgIpc) is 2.40. The molecule has 0 aromatic heterocycles. The molecule has 0 spiro atoms. The van der Waals surface area contributed by atoms with Gasteiger partial charge in [0.05, 0.1) is 5.56 Å². The van der Waals surface area contributed by atoms with E-state index in [1.807, 2.05) is 33.8 Å². The van der Waals surface area contributed by atoms with Crippen LogP contribution in [0, 0.1) is 27.7 Å². The normalized spacial score (nSPS) is 10.4. The Morgan fingerprint density at radius 3 is 2.20 bits per heavy atom. The van der Waals surface area contributed by atoms with Crippen molar-refractivity contribution in [3.05, 3.63) is 58.1 Å². The molecule has 3 heteroatoms. The summed E-state index contributed by atoms with van der Waals surface area (Å²) in [5, 5.41) is 8.97. The number of benzene rings is 2. The van der Waals surface area contributed by atoms with Gasteiger partial charge in [0, 0.05) is 0 Å². The lowest BCUT2D eigenvalue weighted by atomic mass is 10.0. The summed E-state index contributed by atoms with van der Waals surface area (Å²) in [5.74, 6) is 0.602. The summed E-state index contributed by atoms with van der Waals surface area (Å²) in [5.41, 5.74) is 4.42. The van der Waals surface area contributed by atoms with Crippen LogP contribution in [0.1, 0.15) is 32.6 Å². The molecule has 104 valence electrons. The minimum Gasteiger partial charge on any atom is -0.478 e. The van der Waals surface area contributed by atoms with Crippen LogP contribution >= 0.6 is 0 Å². The van der Waals surface area contributed by atoms with Gasteiger partial charge in [-0.1, -0.05) is 12.1 Å². The highest BCUT2D eigenvalue weighted by molar-refractivity contribution is 5.88. The quantitative estimate of drug-likeness (QED) is 0.898. The monoisotopic (exact) mass is 270 g/mol. The minimum atomic E-state index is -0.928. The number of ether oxygens (including phenoxy) is 1. The van der Waals surface area contributed by atoms with Crippen molar-refractivity contribution in [3.8, 4) is 11.5 Å². The lowest BCUT2D eigenvalue weighted by molar-refractivity contribution is 0.0697. The maximum Gasteiger partial charge on any atom is 0.335 e. The zero-order valence-corrected chi connectivity index (χ0v) is 12.2. The molecule has 20 heavy (non-hydrogen) atoms. The molecule has 0 aliphatic rings. The number of hydrogen-bond donors (Lipinski definition) is 1. The summed E-state index contributed by atoms with van der Waals surface area (Å²) in [7, 11) is 0. The van der Waals surface area contributed by atoms with Gasteiger partial charge in [-0.15, -0.1) is 0 Å². The Hall–Kier alpha value is -2.29. The standard InChI is InChI=1S/C17H18O3/c1-10-5-6-11(2)16(13(10)4)20-15-8-7-14(17(18)19)9-12(15)3/h5-9H,1-4H3,(H,18,19). The number of rotatable bonds is 3. The van der Waals surface area contributed by atoms with Crippen LogP contribution in [0.25, 0.3) is 0 Å². The summed E-state index contributed by atoms with van der Waals surface area (Å²) >= 11 is 0. The van der Waals surface area contributed by atoms with Crippen molar-refractivity contribution < 1.29 is 14.6 Å². The van der Waals surface area contributed by atoms with Crippen LogP contribution < -0.4 is 4.74 Å². The zero-order chi connectivity index (χ0) is 14.9. The van der Waals surface area contributed by atoms with Gasteiger partial charge in [-0.05, 0) is 68.1 Å². The van der Waals surface area contributed by atoms with E-state index in [-0.39, 0.29) is 5.56 Å². The second-order valence-electron chi connectivity index (χ2n) is 5.04. The average molecular weight is 270 g/mol. The van der Waals surface area contributed by atoms with E-state index in [0.717, 1.165) is 22.4 Å². The van der Waals surface area contributed by atoms with Crippen LogP contribution in [0.15, 0.2) is 30.3 Å². The lowest BCUT2D eigenvalue weighted by Gasteiger charge is -2.15. The van der Waals surface area contributed by atoms with Gasteiger partial charge in [0.1, 0.15) is 11.5 Å². The van der Waals surface area contributed by atoms with Crippen molar-refractivity contribution in [3.63, 3.8) is 0 Å². The topological polar surface area (TPSA) is 46.5 Å². The van der Waals surface area contributed by atoms with Crippen LogP contribution in [-0.4, -0.2) is 11.1 Å². The van der Waals surface area contributed by atoms with E-state index in [1.165, 1.54) is 5.56 Å². The number of carboxylic acid groups (broad SMARTS) is 1. The van der Waals surface area contributed by atoms with Crippen molar-refractivity contribution >= 4 is 5.97 Å². The predicted molar refractivity (Wildman–Crippen MR) is 78.9 cm³/mol. The Balaban J connectivity index is 2.41. The minimum absolute atomic E-state index is 0.271. The first-order chi connectivity index (χ1) is 9.40. The number of carbonyl (C=O) groups is 1. The largest absolute Gasteiger partial charge is 0.478 e. The molecule has 1 N–H and O–H groups in total. The first kappa shape index (κ1) is 14.1. The fourth-order valence-electron chi connectivity index (χ4n) is 2.09. The lowest BCUT2D eigenvalue weighted by Crippen LogP contribution is -1.99. The molecular formula is C17H18O3. The van der Waals surface area contributed by atoms with E-state index in [2.05, 4.69) is 6.07 Å². The molecule has 0 bridgehead atoms. The Kier molecular flexibility index (Phi) is 3.79. The molecule has 0 atom stereocenters. The Morgan fingerprint density at radius 2 is 1.60 bits per heavy atom. The van der Waals surface area contributed by atoms with Crippen LogP contribution in [0.3, 0.4) is 0 Å². The SMILES string of the molecule is Cc1cc(C(=O)O)ccc1Oc1c(C)ccc(C)c1C. The first-order valence-electron chi connectivity index (χ1n) is 6.48. The fourth-order valence-corrected chi connectivity index (χ4v) is 2.09. The molecule has 0 saturated carbocycles. The Bertz CT molecular complexity index is 672. The molecule has 0 unspecified atom stereocenters. The van der Waals surface area contributed by atoms with E-state index < -0.39 is 5.97 Å². The fraction of sp³-hybridized carbons (Fsp3) is 0.235. The third-order valence-corrected chi connectivity index (χ3v) is 3.51. The molecular weight excluding hydrogens is 252 g/mol. The Morgan fingerprint density at radius 1 is 0.950 bits per heavy atom. The first-order valence-corrected chi connectivity index (χ1v) is 6.48. The summed E-state index contributed by atoms with van der Waals surface area (Å²) in [6.07, 6.45) is 0. The summed E-state index contributed by atoms with van der Waals surface area (Å²) in [4.78, 5) is 10.9. The van der Waals surface area contributed by atoms with Crippen LogP contribution in [0.4, 0.5) is 0 Å². The maximum absolute atomic E-state index is 10.9. The molecule has 2 aromatic carbocycles. The van der Waals surface area contributed by atoms with E-state index in [9.17, 15) is 4.79 Å². The molecule has 2 aromatic rings. The second kappa shape index (κ2) is 5.37. The van der Waals surface area contributed by atoms with Crippen LogP contribution in [0.2, 0.25) is 0 Å². The van der Waals surface area contributed by atoms with Gasteiger partial charge in [0.15, 0.2) is 0 Å². The summed E-state index contributed by atoms with van der Waals surface area (Å²) in [6, 6.07) is 8.99. The Labute approximate surface area is 118 Å². The highest BCUT2D eigenvalue weighted by atomic mass is 16.5. The molecule has 0 aliphatic carbocycles. The van der Waals surface area contributed by atoms with Gasteiger partial charge in [-0.2, -0.15) is 0 Å². The third-order valence-electron chi connectivity index (χ3n) is 3.51. The van der Waals surface area contributed by atoms with E-state index >= 15 is 0 Å². The van der Waals surface area contributed by atoms with Crippen LogP contribution in [-0.2, 0) is 0 Å². The molecule has 0 radical (unpaired) electrons. The number of aryl methyl sites for hydroxylation is 3. The molecule has 2 rings (SSSR count). The molecule has 0 saturated heterocycles. The smallest absolute Gasteiger partial charge is 0.335 e. The van der Waals surface area contributed by atoms with Crippen molar-refractivity contribution in [1.29, 1.82) is 0 Å².